The topological polar surface area (TPSA) is 59.6 Å². The summed E-state index contributed by atoms with van der Waals surface area (Å²) in [6.45, 7) is 4.00. The van der Waals surface area contributed by atoms with Crippen LogP contribution in [0.5, 0.6) is 5.75 Å². The highest BCUT2D eigenvalue weighted by atomic mass is 32.1. The summed E-state index contributed by atoms with van der Waals surface area (Å²) in [5, 5.41) is 1.92. The van der Waals surface area contributed by atoms with Gasteiger partial charge in [0.1, 0.15) is 5.75 Å². The molecule has 0 fully saturated rings. The Kier molecular flexibility index (Phi) is 3.91. The maximum Gasteiger partial charge on any atom is 0.153 e. The molecule has 14 heavy (non-hydrogen) atoms. The molecule has 1 aromatic rings. The van der Waals surface area contributed by atoms with Gasteiger partial charge in [-0.25, -0.2) is 5.84 Å². The highest BCUT2D eigenvalue weighted by Gasteiger charge is 2.06. The van der Waals surface area contributed by atoms with Crippen LogP contribution in [0.25, 0.3) is 0 Å². The molecule has 0 aliphatic heterocycles. The van der Waals surface area contributed by atoms with Gasteiger partial charge in [0, 0.05) is 17.5 Å². The van der Waals surface area contributed by atoms with E-state index in [0.29, 0.717) is 5.84 Å². The van der Waals surface area contributed by atoms with Gasteiger partial charge in [0.15, 0.2) is 5.84 Å². The van der Waals surface area contributed by atoms with Gasteiger partial charge < -0.3 is 10.2 Å². The predicted molar refractivity (Wildman–Crippen MR) is 59.9 cm³/mol. The van der Waals surface area contributed by atoms with Crippen LogP contribution in [-0.2, 0) is 0 Å². The van der Waals surface area contributed by atoms with Crippen LogP contribution in [-0.4, -0.2) is 19.0 Å². The Morgan fingerprint density at radius 2 is 2.36 bits per heavy atom. The van der Waals surface area contributed by atoms with Crippen molar-refractivity contribution in [1.82, 2.24) is 5.43 Å². The molecule has 1 heterocycles. The molecule has 3 N–H and O–H groups in total. The number of amidine groups is 1. The van der Waals surface area contributed by atoms with Gasteiger partial charge in [-0.15, -0.1) is 11.3 Å². The van der Waals surface area contributed by atoms with Gasteiger partial charge in [-0.3, -0.25) is 4.99 Å². The number of rotatable bonds is 3. The van der Waals surface area contributed by atoms with E-state index in [1.807, 2.05) is 25.3 Å². The fourth-order valence-corrected chi connectivity index (χ4v) is 1.80. The normalized spacial score (nSPS) is 11.9. The fraction of sp³-hybridized carbons (Fsp3) is 0.444. The minimum atomic E-state index is 0.217. The summed E-state index contributed by atoms with van der Waals surface area (Å²) in [4.78, 5) is 5.33. The monoisotopic (exact) mass is 213 g/mol. The van der Waals surface area contributed by atoms with Gasteiger partial charge >= 0.3 is 0 Å². The molecular formula is C9H15N3OS. The predicted octanol–water partition coefficient (Wildman–Crippen LogP) is 1.38. The summed E-state index contributed by atoms with van der Waals surface area (Å²) in [5.74, 6) is 6.92. The van der Waals surface area contributed by atoms with Gasteiger partial charge in [-0.2, -0.15) is 0 Å². The minimum Gasteiger partial charge on any atom is -0.496 e. The summed E-state index contributed by atoms with van der Waals surface area (Å²) in [5.41, 5.74) is 2.59. The number of nitrogens with one attached hydrogen (secondary N) is 1. The number of thiophene rings is 1. The Labute approximate surface area is 87.8 Å². The molecule has 0 amide bonds. The first-order chi connectivity index (χ1) is 6.67. The van der Waals surface area contributed by atoms with E-state index in [1.165, 1.54) is 0 Å². The Bertz CT molecular complexity index is 320. The largest absolute Gasteiger partial charge is 0.496 e. The fourth-order valence-electron chi connectivity index (χ4n) is 0.980. The number of hydrogen-bond donors (Lipinski definition) is 2. The Morgan fingerprint density at radius 1 is 1.64 bits per heavy atom. The van der Waals surface area contributed by atoms with E-state index >= 15 is 0 Å². The Hall–Kier alpha value is -1.07. The van der Waals surface area contributed by atoms with E-state index in [2.05, 4.69) is 10.4 Å². The van der Waals surface area contributed by atoms with Crippen molar-refractivity contribution in [3.05, 3.63) is 16.3 Å². The first kappa shape index (κ1) is 11.0. The standard InChI is InChI=1S/C9H15N3OS/c1-6(2)11-9(12-10)8-4-7(13-3)5-14-8/h4-6H,10H2,1-3H3,(H,11,12). The third-order valence-electron chi connectivity index (χ3n) is 1.57. The number of methoxy groups -OCH3 is 1. The number of hydrogen-bond acceptors (Lipinski definition) is 4. The minimum absolute atomic E-state index is 0.217. The third-order valence-corrected chi connectivity index (χ3v) is 2.48. The van der Waals surface area contributed by atoms with Crippen LogP contribution in [0.3, 0.4) is 0 Å². The van der Waals surface area contributed by atoms with Crippen molar-refractivity contribution in [2.75, 3.05) is 7.11 Å². The van der Waals surface area contributed by atoms with Crippen LogP contribution in [0.15, 0.2) is 16.4 Å². The molecule has 1 aromatic heterocycles. The third kappa shape index (κ3) is 2.71. The summed E-state index contributed by atoms with van der Waals surface area (Å²) < 4.78 is 5.08. The Balaban J connectivity index is 2.89. The molecule has 0 aliphatic rings. The van der Waals surface area contributed by atoms with Crippen LogP contribution in [0, 0.1) is 0 Å². The second-order valence-electron chi connectivity index (χ2n) is 3.07. The lowest BCUT2D eigenvalue weighted by molar-refractivity contribution is 0.416. The van der Waals surface area contributed by atoms with Crippen molar-refractivity contribution in [1.29, 1.82) is 0 Å². The highest BCUT2D eigenvalue weighted by Crippen LogP contribution is 2.21. The van der Waals surface area contributed by atoms with Crippen molar-refractivity contribution in [2.24, 2.45) is 10.8 Å². The van der Waals surface area contributed by atoms with Crippen molar-refractivity contribution < 1.29 is 4.74 Å². The molecule has 0 aliphatic carbocycles. The quantitative estimate of drug-likeness (QED) is 0.345. The van der Waals surface area contributed by atoms with E-state index in [4.69, 9.17) is 10.6 Å². The molecule has 5 heteroatoms. The highest BCUT2D eigenvalue weighted by molar-refractivity contribution is 7.12. The second kappa shape index (κ2) is 4.97. The van der Waals surface area contributed by atoms with Gasteiger partial charge in [-0.1, -0.05) is 0 Å². The average molecular weight is 213 g/mol. The van der Waals surface area contributed by atoms with Crippen molar-refractivity contribution >= 4 is 17.2 Å². The number of aliphatic imine (C=N–C) groups is 1. The zero-order valence-corrected chi connectivity index (χ0v) is 9.39. The number of nitrogens with zero attached hydrogens (tertiary/aromatic N) is 1. The zero-order chi connectivity index (χ0) is 10.6. The van der Waals surface area contributed by atoms with Gasteiger partial charge in [0.25, 0.3) is 0 Å². The number of nitrogens with two attached hydrogens (primary N) is 1. The molecule has 0 atom stereocenters. The molecule has 0 saturated carbocycles. The number of hydrazine groups is 1. The van der Waals surface area contributed by atoms with Crippen molar-refractivity contribution in [2.45, 2.75) is 19.9 Å². The molecule has 0 bridgehead atoms. The van der Waals surface area contributed by atoms with Crippen molar-refractivity contribution in [3.8, 4) is 5.75 Å². The second-order valence-corrected chi connectivity index (χ2v) is 3.98. The van der Waals surface area contributed by atoms with Gasteiger partial charge in [-0.05, 0) is 13.8 Å². The van der Waals surface area contributed by atoms with E-state index < -0.39 is 0 Å². The van der Waals surface area contributed by atoms with Crippen molar-refractivity contribution in [3.63, 3.8) is 0 Å². The van der Waals surface area contributed by atoms with Crippen LogP contribution >= 0.6 is 11.3 Å². The van der Waals surface area contributed by atoms with E-state index in [9.17, 15) is 0 Å². The maximum absolute atomic E-state index is 5.39. The molecule has 0 saturated heterocycles. The Morgan fingerprint density at radius 3 is 2.79 bits per heavy atom. The van der Waals surface area contributed by atoms with Crippen LogP contribution in [0.1, 0.15) is 18.7 Å². The van der Waals surface area contributed by atoms with Crippen LogP contribution in [0.2, 0.25) is 0 Å². The van der Waals surface area contributed by atoms with Crippen LogP contribution < -0.4 is 16.0 Å². The molecule has 1 rings (SSSR count). The lowest BCUT2D eigenvalue weighted by Gasteiger charge is -2.04. The summed E-state index contributed by atoms with van der Waals surface area (Å²) in [6, 6.07) is 2.13. The summed E-state index contributed by atoms with van der Waals surface area (Å²) >= 11 is 1.55. The molecule has 78 valence electrons. The first-order valence-corrected chi connectivity index (χ1v) is 5.22. The smallest absolute Gasteiger partial charge is 0.153 e. The van der Waals surface area contributed by atoms with E-state index in [1.54, 1.807) is 18.4 Å². The van der Waals surface area contributed by atoms with Gasteiger partial charge in [0.2, 0.25) is 0 Å². The van der Waals surface area contributed by atoms with Gasteiger partial charge in [0.05, 0.1) is 12.0 Å². The molecule has 0 radical (unpaired) electrons. The lowest BCUT2D eigenvalue weighted by atomic mass is 10.4. The van der Waals surface area contributed by atoms with Crippen LogP contribution in [0.4, 0.5) is 0 Å². The molecule has 4 nitrogen and oxygen atoms in total. The van der Waals surface area contributed by atoms with E-state index in [0.717, 1.165) is 10.6 Å². The zero-order valence-electron chi connectivity index (χ0n) is 8.57. The van der Waals surface area contributed by atoms with E-state index in [-0.39, 0.29) is 6.04 Å². The SMILES string of the molecule is COc1csc(C(=NC(C)C)NN)c1. The summed E-state index contributed by atoms with van der Waals surface area (Å²) in [7, 11) is 1.64. The maximum atomic E-state index is 5.39. The number of ether oxygens (including phenoxy) is 1. The lowest BCUT2D eigenvalue weighted by Crippen LogP contribution is -2.31. The summed E-state index contributed by atoms with van der Waals surface area (Å²) in [6.07, 6.45) is 0. The molecule has 0 aromatic carbocycles. The average Bonchev–Trinajstić information content (AvgIpc) is 2.62. The molecule has 0 spiro atoms. The molecular weight excluding hydrogens is 198 g/mol. The first-order valence-electron chi connectivity index (χ1n) is 4.34. The molecule has 0 unspecified atom stereocenters.